The molecule has 0 unspecified atom stereocenters. The fourth-order valence-corrected chi connectivity index (χ4v) is 3.16. The van der Waals surface area contributed by atoms with Crippen molar-refractivity contribution in [2.75, 3.05) is 6.79 Å². The fraction of sp³-hybridized carbons (Fsp3) is 0.333. The van der Waals surface area contributed by atoms with Gasteiger partial charge in [-0.15, -0.1) is 0 Å². The summed E-state index contributed by atoms with van der Waals surface area (Å²) in [5, 5.41) is 15.2. The first-order valence-electron chi connectivity index (χ1n) is 9.70. The number of nitro groups is 1. The average Bonchev–Trinajstić information content (AvgIpc) is 3.25. The Bertz CT molecular complexity index is 1030. The number of aryl methyl sites for hydroxylation is 1. The minimum absolute atomic E-state index is 0.0206. The van der Waals surface area contributed by atoms with Gasteiger partial charge in [0.15, 0.2) is 6.79 Å². The largest absolute Gasteiger partial charge is 0.489 e. The maximum Gasteiger partial charge on any atom is 0.270 e. The second kappa shape index (κ2) is 8.91. The van der Waals surface area contributed by atoms with Crippen LogP contribution in [0, 0.1) is 10.1 Å². The maximum atomic E-state index is 11.2. The number of aromatic nitrogens is 2. The van der Waals surface area contributed by atoms with Crippen LogP contribution in [-0.2, 0) is 24.4 Å². The van der Waals surface area contributed by atoms with Crippen molar-refractivity contribution < 1.29 is 23.7 Å². The summed E-state index contributed by atoms with van der Waals surface area (Å²) in [6.07, 6.45) is 2.84. The summed E-state index contributed by atoms with van der Waals surface area (Å²) in [6.45, 7) is 2.62. The Morgan fingerprint density at radius 3 is 2.83 bits per heavy atom. The Balaban J connectivity index is 1.46. The van der Waals surface area contributed by atoms with E-state index in [4.69, 9.17) is 18.7 Å². The average molecular weight is 411 g/mol. The van der Waals surface area contributed by atoms with Crippen LogP contribution in [0.15, 0.2) is 40.9 Å². The van der Waals surface area contributed by atoms with Gasteiger partial charge in [-0.3, -0.25) is 10.1 Å². The monoisotopic (exact) mass is 411 g/mol. The molecule has 2 aromatic carbocycles. The summed E-state index contributed by atoms with van der Waals surface area (Å²) in [6, 6.07) is 10.2. The molecule has 4 rings (SSSR count). The Hall–Kier alpha value is -3.46. The lowest BCUT2D eigenvalue weighted by Gasteiger charge is -2.20. The number of hydrogen-bond acceptors (Lipinski definition) is 8. The molecular weight excluding hydrogens is 390 g/mol. The van der Waals surface area contributed by atoms with Gasteiger partial charge in [0.05, 0.1) is 11.5 Å². The number of non-ortho nitro benzene ring substituents is 1. The van der Waals surface area contributed by atoms with Crippen molar-refractivity contribution in [3.63, 3.8) is 0 Å². The third kappa shape index (κ3) is 4.41. The van der Waals surface area contributed by atoms with Gasteiger partial charge in [-0.1, -0.05) is 18.5 Å². The van der Waals surface area contributed by atoms with E-state index >= 15 is 0 Å². The zero-order chi connectivity index (χ0) is 20.9. The molecule has 0 radical (unpaired) electrons. The predicted molar refractivity (Wildman–Crippen MR) is 106 cm³/mol. The summed E-state index contributed by atoms with van der Waals surface area (Å²) in [5.74, 6) is 2.36. The van der Waals surface area contributed by atoms with E-state index in [9.17, 15) is 10.1 Å². The summed E-state index contributed by atoms with van der Waals surface area (Å²) >= 11 is 0. The molecule has 0 spiro atoms. The third-order valence-corrected chi connectivity index (χ3v) is 4.70. The zero-order valence-corrected chi connectivity index (χ0v) is 16.5. The van der Waals surface area contributed by atoms with Crippen molar-refractivity contribution >= 4 is 5.69 Å². The van der Waals surface area contributed by atoms with Crippen LogP contribution >= 0.6 is 0 Å². The van der Waals surface area contributed by atoms with Gasteiger partial charge >= 0.3 is 0 Å². The number of rotatable bonds is 8. The summed E-state index contributed by atoms with van der Waals surface area (Å²) in [5.41, 5.74) is 2.04. The highest BCUT2D eigenvalue weighted by Gasteiger charge is 2.21. The molecule has 2 heterocycles. The van der Waals surface area contributed by atoms with Gasteiger partial charge in [-0.05, 0) is 30.7 Å². The van der Waals surface area contributed by atoms with Crippen molar-refractivity contribution in [1.29, 1.82) is 0 Å². The van der Waals surface area contributed by atoms with E-state index in [1.807, 2.05) is 12.1 Å². The minimum atomic E-state index is -0.438. The highest BCUT2D eigenvalue weighted by molar-refractivity contribution is 5.55. The highest BCUT2D eigenvalue weighted by Crippen LogP contribution is 2.33. The number of unbranched alkanes of at least 4 members (excludes halogenated alkanes) is 1. The SMILES string of the molecule is CCCCc1nc(-c2ccc(OCc3cc([N+](=O)[O-])cc4c3OCOC4)cc2)no1. The van der Waals surface area contributed by atoms with E-state index < -0.39 is 4.92 Å². The van der Waals surface area contributed by atoms with Crippen LogP contribution in [0.1, 0.15) is 36.8 Å². The van der Waals surface area contributed by atoms with Crippen LogP contribution < -0.4 is 9.47 Å². The maximum absolute atomic E-state index is 11.2. The zero-order valence-electron chi connectivity index (χ0n) is 16.5. The third-order valence-electron chi connectivity index (χ3n) is 4.70. The van der Waals surface area contributed by atoms with Gasteiger partial charge in [0.25, 0.3) is 5.69 Å². The number of ether oxygens (including phenoxy) is 3. The second-order valence-corrected chi connectivity index (χ2v) is 6.89. The van der Waals surface area contributed by atoms with Crippen molar-refractivity contribution in [3.8, 4) is 22.9 Å². The molecule has 1 aliphatic heterocycles. The van der Waals surface area contributed by atoms with Crippen LogP contribution in [0.3, 0.4) is 0 Å². The Morgan fingerprint density at radius 2 is 2.07 bits per heavy atom. The molecular formula is C21H21N3O6. The Morgan fingerprint density at radius 1 is 1.23 bits per heavy atom. The summed E-state index contributed by atoms with van der Waals surface area (Å²) in [4.78, 5) is 15.2. The topological polar surface area (TPSA) is 110 Å². The molecule has 0 fully saturated rings. The van der Waals surface area contributed by atoms with E-state index in [0.717, 1.165) is 24.8 Å². The summed E-state index contributed by atoms with van der Waals surface area (Å²) < 4.78 is 21.9. The molecule has 3 aromatic rings. The lowest BCUT2D eigenvalue weighted by atomic mass is 10.1. The number of hydrogen-bond donors (Lipinski definition) is 0. The van der Waals surface area contributed by atoms with Crippen molar-refractivity contribution in [1.82, 2.24) is 10.1 Å². The van der Waals surface area contributed by atoms with Crippen LogP contribution in [-0.4, -0.2) is 21.9 Å². The van der Waals surface area contributed by atoms with E-state index in [0.29, 0.717) is 34.3 Å². The van der Waals surface area contributed by atoms with Crippen LogP contribution in [0.2, 0.25) is 0 Å². The quantitative estimate of drug-likeness (QED) is 0.395. The number of nitro benzene ring substituents is 1. The first kappa shape index (κ1) is 19.8. The normalized spacial score (nSPS) is 12.8. The van der Waals surface area contributed by atoms with E-state index in [2.05, 4.69) is 17.1 Å². The minimum Gasteiger partial charge on any atom is -0.489 e. The molecule has 1 aromatic heterocycles. The molecule has 0 saturated heterocycles. The van der Waals surface area contributed by atoms with Crippen molar-refractivity contribution in [3.05, 3.63) is 63.5 Å². The number of nitrogens with zero attached hydrogens (tertiary/aromatic N) is 3. The molecule has 9 nitrogen and oxygen atoms in total. The highest BCUT2D eigenvalue weighted by atomic mass is 16.7. The van der Waals surface area contributed by atoms with E-state index in [1.54, 1.807) is 12.1 Å². The van der Waals surface area contributed by atoms with Crippen LogP contribution in [0.25, 0.3) is 11.4 Å². The molecule has 30 heavy (non-hydrogen) atoms. The molecule has 0 amide bonds. The van der Waals surface area contributed by atoms with E-state index in [1.165, 1.54) is 12.1 Å². The molecule has 1 aliphatic rings. The number of fused-ring (bicyclic) bond motifs is 1. The molecule has 0 aliphatic carbocycles. The molecule has 0 saturated carbocycles. The van der Waals surface area contributed by atoms with Gasteiger partial charge in [0.2, 0.25) is 11.7 Å². The molecule has 0 N–H and O–H groups in total. The standard InChI is InChI=1S/C21H21N3O6/c1-2-3-4-19-22-21(23-30-19)14-5-7-18(8-6-14)28-12-16-10-17(24(25)26)9-15-11-27-13-29-20(15)16/h5-10H,2-4,11-13H2,1H3. The smallest absolute Gasteiger partial charge is 0.270 e. The van der Waals surface area contributed by atoms with Crippen LogP contribution in [0.4, 0.5) is 5.69 Å². The molecule has 156 valence electrons. The first-order chi connectivity index (χ1) is 14.6. The van der Waals surface area contributed by atoms with Gasteiger partial charge in [0, 0.05) is 35.2 Å². The predicted octanol–water partition coefficient (Wildman–Crippen LogP) is 4.43. The molecule has 0 bridgehead atoms. The van der Waals surface area contributed by atoms with Gasteiger partial charge < -0.3 is 18.7 Å². The van der Waals surface area contributed by atoms with Gasteiger partial charge in [-0.25, -0.2) is 0 Å². The molecule has 0 atom stereocenters. The molecule has 9 heteroatoms. The fourth-order valence-electron chi connectivity index (χ4n) is 3.16. The second-order valence-electron chi connectivity index (χ2n) is 6.89. The van der Waals surface area contributed by atoms with Gasteiger partial charge in [0.1, 0.15) is 18.1 Å². The number of benzene rings is 2. The summed E-state index contributed by atoms with van der Waals surface area (Å²) in [7, 11) is 0. The van der Waals surface area contributed by atoms with Crippen LogP contribution in [0.5, 0.6) is 11.5 Å². The Labute approximate surface area is 172 Å². The first-order valence-corrected chi connectivity index (χ1v) is 9.70. The van der Waals surface area contributed by atoms with Crippen molar-refractivity contribution in [2.24, 2.45) is 0 Å². The lowest BCUT2D eigenvalue weighted by Crippen LogP contribution is -2.14. The van der Waals surface area contributed by atoms with E-state index in [-0.39, 0.29) is 25.7 Å². The van der Waals surface area contributed by atoms with Crippen molar-refractivity contribution in [2.45, 2.75) is 39.4 Å². The lowest BCUT2D eigenvalue weighted by molar-refractivity contribution is -0.385. The van der Waals surface area contributed by atoms with Gasteiger partial charge in [-0.2, -0.15) is 4.98 Å². The Kier molecular flexibility index (Phi) is 5.89.